The summed E-state index contributed by atoms with van der Waals surface area (Å²) in [7, 11) is 0. The molecule has 5 nitrogen and oxygen atoms in total. The molecule has 1 aromatic carbocycles. The van der Waals surface area contributed by atoms with Gasteiger partial charge in [-0.1, -0.05) is 18.2 Å². The number of para-hydroxylation sites is 1. The van der Waals surface area contributed by atoms with Crippen molar-refractivity contribution < 1.29 is 9.59 Å². The highest BCUT2D eigenvalue weighted by Gasteiger charge is 2.26. The van der Waals surface area contributed by atoms with Gasteiger partial charge in [-0.3, -0.25) is 9.59 Å². The first-order chi connectivity index (χ1) is 8.33. The van der Waals surface area contributed by atoms with E-state index in [4.69, 9.17) is 11.5 Å². The van der Waals surface area contributed by atoms with Crippen molar-refractivity contribution in [2.45, 2.75) is 32.2 Å². The smallest absolute Gasteiger partial charge is 0.242 e. The molecule has 0 heterocycles. The van der Waals surface area contributed by atoms with Crippen LogP contribution in [-0.4, -0.2) is 17.4 Å². The molecule has 0 aliphatic rings. The van der Waals surface area contributed by atoms with E-state index >= 15 is 0 Å². The lowest BCUT2D eigenvalue weighted by atomic mass is 10.0. The molecular weight excluding hydrogens is 230 g/mol. The van der Waals surface area contributed by atoms with Crippen LogP contribution in [0, 0.1) is 0 Å². The Balaban J connectivity index is 2.53. The number of nitrogens with one attached hydrogen (secondary N) is 1. The van der Waals surface area contributed by atoms with Crippen LogP contribution in [0.2, 0.25) is 0 Å². The van der Waals surface area contributed by atoms with E-state index in [1.165, 1.54) is 0 Å². The first-order valence-electron chi connectivity index (χ1n) is 5.77. The molecule has 0 radical (unpaired) electrons. The topological polar surface area (TPSA) is 98.2 Å². The van der Waals surface area contributed by atoms with Crippen LogP contribution >= 0.6 is 0 Å². The largest absolute Gasteiger partial charge is 0.399 e. The van der Waals surface area contributed by atoms with Gasteiger partial charge in [-0.05, 0) is 31.9 Å². The molecule has 18 heavy (non-hydrogen) atoms. The number of benzene rings is 1. The maximum absolute atomic E-state index is 11.7. The number of carbonyl (C=O) groups excluding carboxylic acids is 2. The fraction of sp³-hybridized carbons (Fsp3) is 0.385. The zero-order valence-corrected chi connectivity index (χ0v) is 10.7. The molecule has 5 heteroatoms. The average molecular weight is 249 g/mol. The lowest BCUT2D eigenvalue weighted by Crippen LogP contribution is -2.53. The number of rotatable bonds is 5. The van der Waals surface area contributed by atoms with E-state index in [1.54, 1.807) is 19.9 Å². The molecule has 0 aromatic heterocycles. The highest BCUT2D eigenvalue weighted by Crippen LogP contribution is 2.13. The molecule has 5 N–H and O–H groups in total. The van der Waals surface area contributed by atoms with Gasteiger partial charge < -0.3 is 16.8 Å². The summed E-state index contributed by atoms with van der Waals surface area (Å²) >= 11 is 0. The molecule has 0 fully saturated rings. The Morgan fingerprint density at radius 3 is 2.44 bits per heavy atom. The second-order valence-corrected chi connectivity index (χ2v) is 4.74. The van der Waals surface area contributed by atoms with Gasteiger partial charge in [0.15, 0.2) is 0 Å². The van der Waals surface area contributed by atoms with Crippen molar-refractivity contribution in [3.05, 3.63) is 29.8 Å². The summed E-state index contributed by atoms with van der Waals surface area (Å²) in [4.78, 5) is 22.8. The number of anilines is 1. The summed E-state index contributed by atoms with van der Waals surface area (Å²) in [6, 6.07) is 7.38. The maximum Gasteiger partial charge on any atom is 0.242 e. The zero-order chi connectivity index (χ0) is 13.8. The third-order valence-electron chi connectivity index (χ3n) is 2.74. The van der Waals surface area contributed by atoms with Crippen LogP contribution in [0.4, 0.5) is 5.69 Å². The predicted molar refractivity (Wildman–Crippen MR) is 70.6 cm³/mol. The first-order valence-corrected chi connectivity index (χ1v) is 5.77. The highest BCUT2D eigenvalue weighted by atomic mass is 16.2. The molecule has 0 unspecified atom stereocenters. The average Bonchev–Trinajstić information content (AvgIpc) is 2.27. The molecule has 0 saturated carbocycles. The van der Waals surface area contributed by atoms with Crippen molar-refractivity contribution in [2.75, 3.05) is 5.73 Å². The lowest BCUT2D eigenvalue weighted by Gasteiger charge is -2.22. The quantitative estimate of drug-likeness (QED) is 0.666. The Hall–Kier alpha value is -2.04. The van der Waals surface area contributed by atoms with Crippen LogP contribution in [0.3, 0.4) is 0 Å². The van der Waals surface area contributed by atoms with Gasteiger partial charge in [0.2, 0.25) is 11.8 Å². The maximum atomic E-state index is 11.7. The number of nitrogens with two attached hydrogens (primary N) is 2. The Labute approximate surface area is 107 Å². The lowest BCUT2D eigenvalue weighted by molar-refractivity contribution is -0.130. The zero-order valence-electron chi connectivity index (χ0n) is 10.7. The van der Waals surface area contributed by atoms with E-state index in [-0.39, 0.29) is 12.3 Å². The Morgan fingerprint density at radius 1 is 1.28 bits per heavy atom. The standard InChI is InChI=1S/C13H19N3O2/c1-13(2,12(15)18)16-11(17)8-7-9-5-3-4-6-10(9)14/h3-6H,7-8,14H2,1-2H3,(H2,15,18)(H,16,17). The number of primary amides is 1. The molecule has 1 aromatic rings. The third kappa shape index (κ3) is 3.76. The number of hydrogen-bond donors (Lipinski definition) is 3. The molecule has 0 atom stereocenters. The minimum absolute atomic E-state index is 0.220. The van der Waals surface area contributed by atoms with Gasteiger partial charge >= 0.3 is 0 Å². The molecule has 0 saturated heterocycles. The molecule has 1 rings (SSSR count). The highest BCUT2D eigenvalue weighted by molar-refractivity contribution is 5.89. The van der Waals surface area contributed by atoms with Crippen LogP contribution in [0.1, 0.15) is 25.8 Å². The summed E-state index contributed by atoms with van der Waals surface area (Å²) in [5.41, 5.74) is 11.5. The number of nitrogen functional groups attached to an aromatic ring is 1. The van der Waals surface area contributed by atoms with E-state index in [1.807, 2.05) is 18.2 Å². The second-order valence-electron chi connectivity index (χ2n) is 4.74. The summed E-state index contributed by atoms with van der Waals surface area (Å²) in [5, 5.41) is 2.59. The molecule has 2 amide bonds. The van der Waals surface area contributed by atoms with Gasteiger partial charge in [-0.2, -0.15) is 0 Å². The Morgan fingerprint density at radius 2 is 1.89 bits per heavy atom. The van der Waals surface area contributed by atoms with E-state index in [0.717, 1.165) is 5.56 Å². The van der Waals surface area contributed by atoms with Gasteiger partial charge in [-0.15, -0.1) is 0 Å². The monoisotopic (exact) mass is 249 g/mol. The van der Waals surface area contributed by atoms with E-state index in [0.29, 0.717) is 12.1 Å². The van der Waals surface area contributed by atoms with E-state index in [2.05, 4.69) is 5.32 Å². The summed E-state index contributed by atoms with van der Waals surface area (Å²) < 4.78 is 0. The van der Waals surface area contributed by atoms with Gasteiger partial charge in [0, 0.05) is 12.1 Å². The molecule has 0 spiro atoms. The van der Waals surface area contributed by atoms with E-state index < -0.39 is 11.4 Å². The van der Waals surface area contributed by atoms with Gasteiger partial charge in [0.05, 0.1) is 0 Å². The molecule has 0 bridgehead atoms. The fourth-order valence-electron chi connectivity index (χ4n) is 1.48. The molecular formula is C13H19N3O2. The number of hydrogen-bond acceptors (Lipinski definition) is 3. The van der Waals surface area contributed by atoms with Crippen molar-refractivity contribution in [1.82, 2.24) is 5.32 Å². The molecule has 98 valence electrons. The predicted octanol–water partition coefficient (Wildman–Crippen LogP) is 0.582. The summed E-state index contributed by atoms with van der Waals surface area (Å²) in [6.07, 6.45) is 0.804. The van der Waals surface area contributed by atoms with Crippen molar-refractivity contribution in [1.29, 1.82) is 0 Å². The number of carbonyl (C=O) groups is 2. The van der Waals surface area contributed by atoms with Crippen molar-refractivity contribution in [3.8, 4) is 0 Å². The van der Waals surface area contributed by atoms with Crippen LogP contribution < -0.4 is 16.8 Å². The van der Waals surface area contributed by atoms with Gasteiger partial charge in [-0.25, -0.2) is 0 Å². The third-order valence-corrected chi connectivity index (χ3v) is 2.74. The van der Waals surface area contributed by atoms with Crippen molar-refractivity contribution >= 4 is 17.5 Å². The normalized spacial score (nSPS) is 11.0. The summed E-state index contributed by atoms with van der Waals surface area (Å²) in [5.74, 6) is -0.780. The Kier molecular flexibility index (Phi) is 4.31. The minimum Gasteiger partial charge on any atom is -0.399 e. The van der Waals surface area contributed by atoms with Crippen LogP contribution in [0.15, 0.2) is 24.3 Å². The number of amides is 2. The minimum atomic E-state index is -1.03. The van der Waals surface area contributed by atoms with E-state index in [9.17, 15) is 9.59 Å². The van der Waals surface area contributed by atoms with Crippen LogP contribution in [-0.2, 0) is 16.0 Å². The van der Waals surface area contributed by atoms with Crippen LogP contribution in [0.25, 0.3) is 0 Å². The fourth-order valence-corrected chi connectivity index (χ4v) is 1.48. The van der Waals surface area contributed by atoms with Crippen molar-refractivity contribution in [3.63, 3.8) is 0 Å². The van der Waals surface area contributed by atoms with Gasteiger partial charge in [0.25, 0.3) is 0 Å². The number of aryl methyl sites for hydroxylation is 1. The van der Waals surface area contributed by atoms with Crippen LogP contribution in [0.5, 0.6) is 0 Å². The second kappa shape index (κ2) is 5.53. The first kappa shape index (κ1) is 14.0. The molecule has 0 aliphatic carbocycles. The Bertz CT molecular complexity index is 455. The summed E-state index contributed by atoms with van der Waals surface area (Å²) in [6.45, 7) is 3.15. The van der Waals surface area contributed by atoms with Crippen molar-refractivity contribution in [2.24, 2.45) is 5.73 Å². The molecule has 0 aliphatic heterocycles. The SMILES string of the molecule is CC(C)(NC(=O)CCc1ccccc1N)C(N)=O. The van der Waals surface area contributed by atoms with Gasteiger partial charge in [0.1, 0.15) is 5.54 Å².